The number of hydrogen-bond acceptors (Lipinski definition) is 0. The van der Waals surface area contributed by atoms with Gasteiger partial charge in [0.05, 0.1) is 0 Å². The first-order chi connectivity index (χ1) is 7.45. The summed E-state index contributed by atoms with van der Waals surface area (Å²) in [6, 6.07) is 0. The molecule has 2 aliphatic rings. The van der Waals surface area contributed by atoms with Gasteiger partial charge in [0.15, 0.2) is 0 Å². The van der Waals surface area contributed by atoms with Crippen molar-refractivity contribution >= 4 is 0 Å². The van der Waals surface area contributed by atoms with Gasteiger partial charge in [0.1, 0.15) is 0 Å². The van der Waals surface area contributed by atoms with E-state index in [-0.39, 0.29) is 0 Å². The second-order valence-electron chi connectivity index (χ2n) is 6.03. The summed E-state index contributed by atoms with van der Waals surface area (Å²) in [7, 11) is 0. The summed E-state index contributed by atoms with van der Waals surface area (Å²) in [5.41, 5.74) is 6.61. The standard InChI is InChI=1S/C16H24/c1-11(2)15-6-7-16(10-15)13(4)8-12(3)9-14(16)5/h8,14H,3,6-7,9-10H2,1-2,4-5H3/t14-,16-/m1/s1. The SMILES string of the molecule is C=C1C=C(C)[C@]2(CCC(=C(C)C)C2)[C@H](C)C1. The van der Waals surface area contributed by atoms with E-state index in [9.17, 15) is 0 Å². The number of allylic oxidation sites excluding steroid dienone is 5. The Morgan fingerprint density at radius 2 is 2.12 bits per heavy atom. The fourth-order valence-electron chi connectivity index (χ4n) is 3.60. The van der Waals surface area contributed by atoms with Crippen molar-refractivity contribution in [3.63, 3.8) is 0 Å². The Kier molecular flexibility index (Phi) is 2.86. The summed E-state index contributed by atoms with van der Waals surface area (Å²) in [5, 5.41) is 0. The van der Waals surface area contributed by atoms with E-state index in [1.165, 1.54) is 31.3 Å². The van der Waals surface area contributed by atoms with Crippen molar-refractivity contribution in [2.45, 2.75) is 53.4 Å². The summed E-state index contributed by atoms with van der Waals surface area (Å²) in [5.74, 6) is 0.766. The van der Waals surface area contributed by atoms with Gasteiger partial charge in [-0.1, -0.05) is 41.9 Å². The van der Waals surface area contributed by atoms with Gasteiger partial charge in [-0.15, -0.1) is 0 Å². The van der Waals surface area contributed by atoms with E-state index < -0.39 is 0 Å². The highest BCUT2D eigenvalue weighted by molar-refractivity contribution is 5.35. The van der Waals surface area contributed by atoms with E-state index in [0.29, 0.717) is 5.41 Å². The minimum atomic E-state index is 0.466. The minimum absolute atomic E-state index is 0.466. The van der Waals surface area contributed by atoms with Gasteiger partial charge in [0.25, 0.3) is 0 Å². The molecule has 2 rings (SSSR count). The molecule has 0 aromatic carbocycles. The zero-order valence-electron chi connectivity index (χ0n) is 11.2. The van der Waals surface area contributed by atoms with Crippen LogP contribution < -0.4 is 0 Å². The lowest BCUT2D eigenvalue weighted by atomic mass is 9.64. The van der Waals surface area contributed by atoms with E-state index in [1.807, 2.05) is 0 Å². The van der Waals surface area contributed by atoms with E-state index in [0.717, 1.165) is 5.92 Å². The Hall–Kier alpha value is -0.780. The maximum Gasteiger partial charge on any atom is -0.00186 e. The van der Waals surface area contributed by atoms with Crippen LogP contribution in [-0.4, -0.2) is 0 Å². The molecule has 88 valence electrons. The topological polar surface area (TPSA) is 0 Å². The second kappa shape index (κ2) is 3.91. The van der Waals surface area contributed by atoms with Crippen LogP contribution in [0.15, 0.2) is 34.9 Å². The van der Waals surface area contributed by atoms with E-state index >= 15 is 0 Å². The molecule has 16 heavy (non-hydrogen) atoms. The van der Waals surface area contributed by atoms with Crippen LogP contribution in [0.2, 0.25) is 0 Å². The van der Waals surface area contributed by atoms with Crippen LogP contribution in [0.1, 0.15) is 53.4 Å². The highest BCUT2D eigenvalue weighted by Gasteiger charge is 2.44. The fraction of sp³-hybridized carbons (Fsp3) is 0.625. The molecule has 1 fully saturated rings. The number of rotatable bonds is 0. The van der Waals surface area contributed by atoms with Crippen LogP contribution >= 0.6 is 0 Å². The molecular weight excluding hydrogens is 192 g/mol. The molecular formula is C16H24. The lowest BCUT2D eigenvalue weighted by Gasteiger charge is -2.40. The van der Waals surface area contributed by atoms with Crippen LogP contribution in [0.3, 0.4) is 0 Å². The first-order valence-corrected chi connectivity index (χ1v) is 6.47. The van der Waals surface area contributed by atoms with Crippen molar-refractivity contribution in [3.8, 4) is 0 Å². The fourth-order valence-corrected chi connectivity index (χ4v) is 3.60. The lowest BCUT2D eigenvalue weighted by molar-refractivity contribution is 0.229. The Bertz CT molecular complexity index is 377. The summed E-state index contributed by atoms with van der Waals surface area (Å²) in [6.07, 6.45) is 7.49. The van der Waals surface area contributed by atoms with Crippen molar-refractivity contribution in [3.05, 3.63) is 34.9 Å². The largest absolute Gasteiger partial charge is 0.0958 e. The second-order valence-corrected chi connectivity index (χ2v) is 6.03. The van der Waals surface area contributed by atoms with Gasteiger partial charge in [0, 0.05) is 0 Å². The smallest absolute Gasteiger partial charge is 0.00186 e. The predicted octanol–water partition coefficient (Wildman–Crippen LogP) is 5.04. The van der Waals surface area contributed by atoms with Gasteiger partial charge in [-0.05, 0) is 57.8 Å². The zero-order valence-corrected chi connectivity index (χ0v) is 11.2. The lowest BCUT2D eigenvalue weighted by Crippen LogP contribution is -2.30. The van der Waals surface area contributed by atoms with Gasteiger partial charge < -0.3 is 0 Å². The maximum atomic E-state index is 4.14. The van der Waals surface area contributed by atoms with Crippen molar-refractivity contribution in [2.24, 2.45) is 11.3 Å². The quantitative estimate of drug-likeness (QED) is 0.498. The molecule has 0 N–H and O–H groups in total. The summed E-state index contributed by atoms with van der Waals surface area (Å²) in [4.78, 5) is 0. The van der Waals surface area contributed by atoms with Gasteiger partial charge >= 0.3 is 0 Å². The third-order valence-corrected chi connectivity index (χ3v) is 4.83. The van der Waals surface area contributed by atoms with Crippen molar-refractivity contribution in [1.82, 2.24) is 0 Å². The summed E-state index contributed by atoms with van der Waals surface area (Å²) < 4.78 is 0. The molecule has 0 aliphatic heterocycles. The van der Waals surface area contributed by atoms with Gasteiger partial charge in [-0.25, -0.2) is 0 Å². The highest BCUT2D eigenvalue weighted by atomic mass is 14.5. The Balaban J connectivity index is 2.37. The summed E-state index contributed by atoms with van der Waals surface area (Å²) >= 11 is 0. The first-order valence-electron chi connectivity index (χ1n) is 6.47. The number of hydrogen-bond donors (Lipinski definition) is 0. The molecule has 0 heteroatoms. The van der Waals surface area contributed by atoms with Crippen molar-refractivity contribution in [1.29, 1.82) is 0 Å². The molecule has 0 nitrogen and oxygen atoms in total. The van der Waals surface area contributed by atoms with Crippen LogP contribution in [0, 0.1) is 11.3 Å². The molecule has 0 aromatic rings. The third kappa shape index (κ3) is 1.69. The molecule has 0 radical (unpaired) electrons. The first kappa shape index (κ1) is 11.7. The molecule has 1 saturated carbocycles. The molecule has 0 unspecified atom stereocenters. The average molecular weight is 216 g/mol. The van der Waals surface area contributed by atoms with E-state index in [1.54, 1.807) is 16.7 Å². The summed E-state index contributed by atoms with van der Waals surface area (Å²) in [6.45, 7) is 13.4. The zero-order chi connectivity index (χ0) is 11.9. The molecule has 1 spiro atoms. The monoisotopic (exact) mass is 216 g/mol. The average Bonchev–Trinajstić information content (AvgIpc) is 2.60. The molecule has 0 amide bonds. The normalized spacial score (nSPS) is 34.5. The van der Waals surface area contributed by atoms with E-state index in [2.05, 4.69) is 40.3 Å². The van der Waals surface area contributed by atoms with Crippen molar-refractivity contribution in [2.75, 3.05) is 0 Å². The van der Waals surface area contributed by atoms with Crippen LogP contribution in [0.5, 0.6) is 0 Å². The van der Waals surface area contributed by atoms with Gasteiger partial charge in [-0.2, -0.15) is 0 Å². The van der Waals surface area contributed by atoms with E-state index in [4.69, 9.17) is 0 Å². The molecule has 2 aliphatic carbocycles. The maximum absolute atomic E-state index is 4.14. The third-order valence-electron chi connectivity index (χ3n) is 4.83. The molecule has 0 saturated heterocycles. The van der Waals surface area contributed by atoms with Gasteiger partial charge in [0.2, 0.25) is 0 Å². The van der Waals surface area contributed by atoms with Crippen LogP contribution in [-0.2, 0) is 0 Å². The Morgan fingerprint density at radius 1 is 1.44 bits per heavy atom. The van der Waals surface area contributed by atoms with Crippen molar-refractivity contribution < 1.29 is 0 Å². The van der Waals surface area contributed by atoms with Crippen LogP contribution in [0.4, 0.5) is 0 Å². The molecule has 0 aromatic heterocycles. The van der Waals surface area contributed by atoms with Gasteiger partial charge in [-0.3, -0.25) is 0 Å². The van der Waals surface area contributed by atoms with Crippen LogP contribution in [0.25, 0.3) is 0 Å². The Labute approximate surface area is 100 Å². The molecule has 2 atom stereocenters. The molecule has 0 heterocycles. The minimum Gasteiger partial charge on any atom is -0.0958 e. The Morgan fingerprint density at radius 3 is 2.62 bits per heavy atom. The molecule has 0 bridgehead atoms. The predicted molar refractivity (Wildman–Crippen MR) is 71.3 cm³/mol. The highest BCUT2D eigenvalue weighted by Crippen LogP contribution is 2.56.